The van der Waals surface area contributed by atoms with Crippen LogP contribution in [0, 0.1) is 27.7 Å². The standard InChI is InChI=1S/C15H17ClN2O/c1-8-6-9(2)13(12(7-8)19-5)14-10(3)15(16)18-11(4)17-14/h6-7H,1-5H3. The van der Waals surface area contributed by atoms with Crippen molar-refractivity contribution in [1.29, 1.82) is 0 Å². The molecule has 0 spiro atoms. The zero-order valence-corrected chi connectivity index (χ0v) is 12.6. The number of benzene rings is 1. The number of ether oxygens (including phenoxy) is 1. The van der Waals surface area contributed by atoms with E-state index in [0.717, 1.165) is 33.7 Å². The Balaban J connectivity index is 2.79. The first kappa shape index (κ1) is 13.8. The van der Waals surface area contributed by atoms with E-state index >= 15 is 0 Å². The largest absolute Gasteiger partial charge is 0.496 e. The molecule has 0 saturated carbocycles. The number of rotatable bonds is 2. The second kappa shape index (κ2) is 5.17. The van der Waals surface area contributed by atoms with Gasteiger partial charge in [0.05, 0.1) is 12.8 Å². The SMILES string of the molecule is COc1cc(C)cc(C)c1-c1nc(C)nc(Cl)c1C. The minimum atomic E-state index is 0.490. The molecule has 0 saturated heterocycles. The molecule has 0 radical (unpaired) electrons. The number of nitrogens with zero attached hydrogens (tertiary/aromatic N) is 2. The fraction of sp³-hybridized carbons (Fsp3) is 0.333. The molecule has 0 amide bonds. The lowest BCUT2D eigenvalue weighted by Gasteiger charge is -2.15. The summed E-state index contributed by atoms with van der Waals surface area (Å²) in [7, 11) is 1.67. The number of aryl methyl sites for hydroxylation is 3. The molecule has 1 aromatic carbocycles. The summed E-state index contributed by atoms with van der Waals surface area (Å²) in [4.78, 5) is 8.70. The van der Waals surface area contributed by atoms with Gasteiger partial charge in [-0.15, -0.1) is 0 Å². The van der Waals surface area contributed by atoms with Gasteiger partial charge in [0.1, 0.15) is 16.7 Å². The number of methoxy groups -OCH3 is 1. The highest BCUT2D eigenvalue weighted by Crippen LogP contribution is 2.36. The van der Waals surface area contributed by atoms with Crippen molar-refractivity contribution in [2.45, 2.75) is 27.7 Å². The van der Waals surface area contributed by atoms with Crippen molar-refractivity contribution in [1.82, 2.24) is 9.97 Å². The maximum Gasteiger partial charge on any atom is 0.136 e. The summed E-state index contributed by atoms with van der Waals surface area (Å²) in [5.74, 6) is 1.47. The van der Waals surface area contributed by atoms with Crippen LogP contribution >= 0.6 is 11.6 Å². The van der Waals surface area contributed by atoms with Crippen LogP contribution in [0.4, 0.5) is 0 Å². The molecule has 0 aliphatic heterocycles. The van der Waals surface area contributed by atoms with E-state index in [1.165, 1.54) is 0 Å². The Hall–Kier alpha value is -1.61. The van der Waals surface area contributed by atoms with Crippen LogP contribution in [-0.4, -0.2) is 17.1 Å². The Morgan fingerprint density at radius 2 is 1.74 bits per heavy atom. The van der Waals surface area contributed by atoms with E-state index in [2.05, 4.69) is 23.0 Å². The Bertz CT molecular complexity index is 639. The molecule has 19 heavy (non-hydrogen) atoms. The molecule has 0 aliphatic rings. The molecule has 2 aromatic rings. The van der Waals surface area contributed by atoms with Gasteiger partial charge in [0.25, 0.3) is 0 Å². The molecule has 4 heteroatoms. The molecule has 0 N–H and O–H groups in total. The third kappa shape index (κ3) is 2.56. The highest BCUT2D eigenvalue weighted by molar-refractivity contribution is 6.30. The normalized spacial score (nSPS) is 10.6. The highest BCUT2D eigenvalue weighted by Gasteiger charge is 2.16. The molecule has 0 atom stereocenters. The molecule has 1 aromatic heterocycles. The van der Waals surface area contributed by atoms with Crippen LogP contribution in [0.2, 0.25) is 5.15 Å². The molecular formula is C15H17ClN2O. The highest BCUT2D eigenvalue weighted by atomic mass is 35.5. The quantitative estimate of drug-likeness (QED) is 0.777. The first-order chi connectivity index (χ1) is 8.93. The lowest BCUT2D eigenvalue weighted by Crippen LogP contribution is -2.00. The second-order valence-electron chi connectivity index (χ2n) is 4.69. The molecule has 0 fully saturated rings. The molecule has 2 rings (SSSR count). The first-order valence-corrected chi connectivity index (χ1v) is 6.48. The lowest BCUT2D eigenvalue weighted by molar-refractivity contribution is 0.415. The van der Waals surface area contributed by atoms with E-state index in [4.69, 9.17) is 16.3 Å². The summed E-state index contributed by atoms with van der Waals surface area (Å²) >= 11 is 6.16. The molecular weight excluding hydrogens is 260 g/mol. The summed E-state index contributed by atoms with van der Waals surface area (Å²) < 4.78 is 5.49. The van der Waals surface area contributed by atoms with E-state index in [1.807, 2.05) is 26.8 Å². The van der Waals surface area contributed by atoms with Crippen LogP contribution in [0.1, 0.15) is 22.5 Å². The zero-order valence-electron chi connectivity index (χ0n) is 11.8. The Morgan fingerprint density at radius 1 is 1.05 bits per heavy atom. The van der Waals surface area contributed by atoms with Crippen LogP contribution in [0.15, 0.2) is 12.1 Å². The van der Waals surface area contributed by atoms with E-state index in [0.29, 0.717) is 11.0 Å². The zero-order chi connectivity index (χ0) is 14.2. The van der Waals surface area contributed by atoms with Crippen molar-refractivity contribution < 1.29 is 4.74 Å². The molecule has 3 nitrogen and oxygen atoms in total. The molecule has 1 heterocycles. The molecule has 0 bridgehead atoms. The number of halogens is 1. The average Bonchev–Trinajstić information content (AvgIpc) is 2.33. The van der Waals surface area contributed by atoms with Gasteiger partial charge >= 0.3 is 0 Å². The van der Waals surface area contributed by atoms with E-state index in [9.17, 15) is 0 Å². The summed E-state index contributed by atoms with van der Waals surface area (Å²) in [6.45, 7) is 7.86. The van der Waals surface area contributed by atoms with Gasteiger partial charge in [-0.3, -0.25) is 0 Å². The van der Waals surface area contributed by atoms with E-state index < -0.39 is 0 Å². The molecule has 100 valence electrons. The van der Waals surface area contributed by atoms with Crippen LogP contribution in [0.3, 0.4) is 0 Å². The summed E-state index contributed by atoms with van der Waals surface area (Å²) in [5.41, 5.74) is 4.98. The number of aromatic nitrogens is 2. The predicted octanol–water partition coefficient (Wildman–Crippen LogP) is 4.04. The van der Waals surface area contributed by atoms with E-state index in [-0.39, 0.29) is 0 Å². The Labute approximate surface area is 118 Å². The van der Waals surface area contributed by atoms with E-state index in [1.54, 1.807) is 7.11 Å². The third-order valence-corrected chi connectivity index (χ3v) is 3.47. The van der Waals surface area contributed by atoms with Crippen molar-refractivity contribution in [3.63, 3.8) is 0 Å². The topological polar surface area (TPSA) is 35.0 Å². The maximum atomic E-state index is 6.16. The summed E-state index contributed by atoms with van der Waals surface area (Å²) in [5, 5.41) is 0.490. The summed E-state index contributed by atoms with van der Waals surface area (Å²) in [6, 6.07) is 4.12. The Kier molecular flexibility index (Phi) is 3.76. The minimum Gasteiger partial charge on any atom is -0.496 e. The molecule has 0 aliphatic carbocycles. The fourth-order valence-corrected chi connectivity index (χ4v) is 2.44. The van der Waals surface area contributed by atoms with Gasteiger partial charge in [-0.2, -0.15) is 0 Å². The van der Waals surface area contributed by atoms with Crippen molar-refractivity contribution >= 4 is 11.6 Å². The van der Waals surface area contributed by atoms with Gasteiger partial charge in [-0.05, 0) is 44.9 Å². The number of hydrogen-bond acceptors (Lipinski definition) is 3. The van der Waals surface area contributed by atoms with Crippen molar-refractivity contribution in [2.24, 2.45) is 0 Å². The van der Waals surface area contributed by atoms with Crippen LogP contribution in [0.5, 0.6) is 5.75 Å². The monoisotopic (exact) mass is 276 g/mol. The predicted molar refractivity (Wildman–Crippen MR) is 78.0 cm³/mol. The van der Waals surface area contributed by atoms with Crippen LogP contribution in [0.25, 0.3) is 11.3 Å². The van der Waals surface area contributed by atoms with Crippen LogP contribution < -0.4 is 4.74 Å². The van der Waals surface area contributed by atoms with Crippen molar-refractivity contribution in [2.75, 3.05) is 7.11 Å². The van der Waals surface area contributed by atoms with Crippen molar-refractivity contribution in [3.05, 3.63) is 39.8 Å². The minimum absolute atomic E-state index is 0.490. The van der Waals surface area contributed by atoms with Gasteiger partial charge in [0.15, 0.2) is 0 Å². The Morgan fingerprint density at radius 3 is 2.37 bits per heavy atom. The maximum absolute atomic E-state index is 6.16. The van der Waals surface area contributed by atoms with Gasteiger partial charge in [-0.1, -0.05) is 17.7 Å². The lowest BCUT2D eigenvalue weighted by atomic mass is 9.99. The smallest absolute Gasteiger partial charge is 0.136 e. The second-order valence-corrected chi connectivity index (χ2v) is 5.05. The first-order valence-electron chi connectivity index (χ1n) is 6.10. The fourth-order valence-electron chi connectivity index (χ4n) is 2.23. The molecule has 0 unspecified atom stereocenters. The van der Waals surface area contributed by atoms with Gasteiger partial charge in [0.2, 0.25) is 0 Å². The van der Waals surface area contributed by atoms with Gasteiger partial charge in [-0.25, -0.2) is 9.97 Å². The van der Waals surface area contributed by atoms with Gasteiger partial charge < -0.3 is 4.74 Å². The number of hydrogen-bond donors (Lipinski definition) is 0. The van der Waals surface area contributed by atoms with Crippen LogP contribution in [-0.2, 0) is 0 Å². The average molecular weight is 277 g/mol. The van der Waals surface area contributed by atoms with Gasteiger partial charge in [0, 0.05) is 11.1 Å². The third-order valence-electron chi connectivity index (χ3n) is 3.10. The summed E-state index contributed by atoms with van der Waals surface area (Å²) in [6.07, 6.45) is 0. The van der Waals surface area contributed by atoms with Crippen molar-refractivity contribution in [3.8, 4) is 17.0 Å².